The number of aromatic nitrogens is 2. The van der Waals surface area contributed by atoms with Gasteiger partial charge in [-0.05, 0) is 36.4 Å². The second-order valence-electron chi connectivity index (χ2n) is 4.32. The van der Waals surface area contributed by atoms with Crippen LogP contribution in [-0.2, 0) is 0 Å². The lowest BCUT2D eigenvalue weighted by molar-refractivity contribution is 0.0697. The highest BCUT2D eigenvalue weighted by atomic mass is 16.5. The molecule has 0 bridgehead atoms. The van der Waals surface area contributed by atoms with E-state index < -0.39 is 5.97 Å². The van der Waals surface area contributed by atoms with Crippen molar-refractivity contribution in [1.82, 2.24) is 9.38 Å². The predicted molar refractivity (Wildman–Crippen MR) is 96.8 cm³/mol. The first-order valence-corrected chi connectivity index (χ1v) is 8.04. The van der Waals surface area contributed by atoms with Crippen molar-refractivity contribution >= 4 is 11.6 Å². The van der Waals surface area contributed by atoms with Crippen LogP contribution in [0, 0.1) is 0 Å². The predicted octanol–water partition coefficient (Wildman–Crippen LogP) is 4.76. The average Bonchev–Trinajstić information content (AvgIpc) is 3.08. The lowest BCUT2D eigenvalue weighted by atomic mass is 10.1. The zero-order valence-corrected chi connectivity index (χ0v) is 14.8. The number of carboxylic acids is 1. The third kappa shape index (κ3) is 4.13. The molecule has 0 aliphatic carbocycles. The van der Waals surface area contributed by atoms with E-state index in [1.165, 1.54) is 0 Å². The van der Waals surface area contributed by atoms with Crippen molar-refractivity contribution in [3.8, 4) is 17.0 Å². The van der Waals surface area contributed by atoms with Crippen molar-refractivity contribution in [3.63, 3.8) is 0 Å². The minimum absolute atomic E-state index is 0.226. The molecular formula is C19H24N2O3. The fraction of sp³-hybridized carbons (Fsp3) is 0.263. The Bertz CT molecular complexity index is 777. The molecule has 1 N–H and O–H groups in total. The molecule has 0 spiro atoms. The molecule has 0 unspecified atom stereocenters. The molecule has 3 rings (SSSR count). The molecule has 0 atom stereocenters. The van der Waals surface area contributed by atoms with Crippen LogP contribution in [0.2, 0.25) is 0 Å². The zero-order valence-electron chi connectivity index (χ0n) is 14.8. The van der Waals surface area contributed by atoms with Gasteiger partial charge in [-0.15, -0.1) is 0 Å². The Morgan fingerprint density at radius 2 is 1.71 bits per heavy atom. The van der Waals surface area contributed by atoms with Crippen LogP contribution in [0.5, 0.6) is 5.75 Å². The molecule has 0 saturated heterocycles. The molecule has 0 amide bonds. The summed E-state index contributed by atoms with van der Waals surface area (Å²) in [4.78, 5) is 15.2. The SMILES string of the molecule is CC.CC.COc1ccc(-c2cnc3cc(C(=O)O)ccn23)cc1. The summed E-state index contributed by atoms with van der Waals surface area (Å²) < 4.78 is 6.98. The van der Waals surface area contributed by atoms with Gasteiger partial charge >= 0.3 is 5.97 Å². The summed E-state index contributed by atoms with van der Waals surface area (Å²) in [6.07, 6.45) is 3.44. The van der Waals surface area contributed by atoms with Crippen LogP contribution in [0.25, 0.3) is 16.9 Å². The second kappa shape index (κ2) is 9.35. The lowest BCUT2D eigenvalue weighted by Gasteiger charge is -2.04. The van der Waals surface area contributed by atoms with Gasteiger partial charge in [0.2, 0.25) is 0 Å². The first kappa shape index (κ1) is 19.2. The largest absolute Gasteiger partial charge is 0.497 e. The Kier molecular flexibility index (Phi) is 7.49. The molecule has 0 radical (unpaired) electrons. The van der Waals surface area contributed by atoms with E-state index in [4.69, 9.17) is 9.84 Å². The molecule has 2 heterocycles. The third-order valence-electron chi connectivity index (χ3n) is 3.15. The first-order chi connectivity index (χ1) is 11.7. The first-order valence-electron chi connectivity index (χ1n) is 8.04. The van der Waals surface area contributed by atoms with E-state index in [1.807, 2.05) is 56.4 Å². The van der Waals surface area contributed by atoms with E-state index in [2.05, 4.69) is 4.98 Å². The molecule has 5 nitrogen and oxygen atoms in total. The maximum absolute atomic E-state index is 10.9. The molecule has 0 saturated carbocycles. The van der Waals surface area contributed by atoms with Crippen LogP contribution in [0.3, 0.4) is 0 Å². The number of benzene rings is 1. The summed E-state index contributed by atoms with van der Waals surface area (Å²) in [5.41, 5.74) is 2.72. The van der Waals surface area contributed by atoms with Crippen molar-refractivity contribution in [2.24, 2.45) is 0 Å². The van der Waals surface area contributed by atoms with Gasteiger partial charge in [-0.25, -0.2) is 9.78 Å². The molecule has 0 aliphatic heterocycles. The summed E-state index contributed by atoms with van der Waals surface area (Å²) in [7, 11) is 1.62. The van der Waals surface area contributed by atoms with Crippen molar-refractivity contribution < 1.29 is 14.6 Å². The molecular weight excluding hydrogens is 304 g/mol. The lowest BCUT2D eigenvalue weighted by Crippen LogP contribution is -1.98. The third-order valence-corrected chi connectivity index (χ3v) is 3.15. The highest BCUT2D eigenvalue weighted by Crippen LogP contribution is 2.23. The topological polar surface area (TPSA) is 63.8 Å². The van der Waals surface area contributed by atoms with Crippen molar-refractivity contribution in [3.05, 3.63) is 54.4 Å². The van der Waals surface area contributed by atoms with E-state index in [-0.39, 0.29) is 5.56 Å². The van der Waals surface area contributed by atoms with Crippen LogP contribution in [-0.4, -0.2) is 27.6 Å². The number of rotatable bonds is 3. The number of carbonyl (C=O) groups is 1. The fourth-order valence-electron chi connectivity index (χ4n) is 2.09. The Hall–Kier alpha value is -2.82. The number of carboxylic acid groups (broad SMARTS) is 1. The molecule has 24 heavy (non-hydrogen) atoms. The highest BCUT2D eigenvalue weighted by Gasteiger charge is 2.09. The molecule has 0 fully saturated rings. The Balaban J connectivity index is 0.000000671. The minimum atomic E-state index is -0.957. The number of fused-ring (bicyclic) bond motifs is 1. The molecule has 2 aromatic heterocycles. The molecule has 5 heteroatoms. The number of hydrogen-bond donors (Lipinski definition) is 1. The van der Waals surface area contributed by atoms with Crippen molar-refractivity contribution in [2.45, 2.75) is 27.7 Å². The number of methoxy groups -OCH3 is 1. The van der Waals surface area contributed by atoms with E-state index in [9.17, 15) is 4.79 Å². The summed E-state index contributed by atoms with van der Waals surface area (Å²) in [6.45, 7) is 8.00. The van der Waals surface area contributed by atoms with Gasteiger partial charge in [-0.2, -0.15) is 0 Å². The van der Waals surface area contributed by atoms with Gasteiger partial charge in [0.1, 0.15) is 11.4 Å². The van der Waals surface area contributed by atoms with Crippen LogP contribution in [0.4, 0.5) is 0 Å². The maximum Gasteiger partial charge on any atom is 0.335 e. The van der Waals surface area contributed by atoms with Crippen molar-refractivity contribution in [1.29, 1.82) is 0 Å². The van der Waals surface area contributed by atoms with E-state index in [0.717, 1.165) is 17.0 Å². The number of nitrogens with zero attached hydrogens (tertiary/aromatic N) is 2. The Morgan fingerprint density at radius 1 is 1.08 bits per heavy atom. The normalized spacial score (nSPS) is 9.38. The van der Waals surface area contributed by atoms with Crippen LogP contribution < -0.4 is 4.74 Å². The van der Waals surface area contributed by atoms with Gasteiger partial charge in [-0.3, -0.25) is 4.40 Å². The zero-order chi connectivity index (χ0) is 18.1. The van der Waals surface area contributed by atoms with Crippen molar-refractivity contribution in [2.75, 3.05) is 7.11 Å². The number of hydrogen-bond acceptors (Lipinski definition) is 3. The number of imidazole rings is 1. The summed E-state index contributed by atoms with van der Waals surface area (Å²) in [5, 5.41) is 8.97. The standard InChI is InChI=1S/C15H12N2O3.2C2H6/c1-20-12-4-2-10(3-5-12)13-9-16-14-8-11(15(18)19)6-7-17(13)14;2*1-2/h2-9H,1H3,(H,18,19);2*1-2H3. The summed E-state index contributed by atoms with van der Waals surface area (Å²) >= 11 is 0. The van der Waals surface area contributed by atoms with Crippen LogP contribution in [0.15, 0.2) is 48.8 Å². The molecule has 128 valence electrons. The van der Waals surface area contributed by atoms with E-state index in [1.54, 1.807) is 31.6 Å². The number of aromatic carboxylic acids is 1. The van der Waals surface area contributed by atoms with E-state index >= 15 is 0 Å². The van der Waals surface area contributed by atoms with E-state index in [0.29, 0.717) is 5.65 Å². The fourth-order valence-corrected chi connectivity index (χ4v) is 2.09. The summed E-state index contributed by atoms with van der Waals surface area (Å²) in [5.74, 6) is -0.169. The van der Waals surface area contributed by atoms with Gasteiger partial charge in [0, 0.05) is 11.8 Å². The van der Waals surface area contributed by atoms with Crippen LogP contribution >= 0.6 is 0 Å². The Labute approximate surface area is 142 Å². The smallest absolute Gasteiger partial charge is 0.335 e. The average molecular weight is 328 g/mol. The van der Waals surface area contributed by atoms with Gasteiger partial charge in [0.05, 0.1) is 24.6 Å². The van der Waals surface area contributed by atoms with Crippen LogP contribution in [0.1, 0.15) is 38.1 Å². The molecule has 0 aliphatic rings. The Morgan fingerprint density at radius 3 is 2.25 bits per heavy atom. The second-order valence-corrected chi connectivity index (χ2v) is 4.32. The molecule has 3 aromatic rings. The highest BCUT2D eigenvalue weighted by molar-refractivity contribution is 5.88. The van der Waals surface area contributed by atoms with Gasteiger partial charge in [0.15, 0.2) is 0 Å². The maximum atomic E-state index is 10.9. The quantitative estimate of drug-likeness (QED) is 0.753. The molecule has 1 aromatic carbocycles. The number of pyridine rings is 1. The monoisotopic (exact) mass is 328 g/mol. The minimum Gasteiger partial charge on any atom is -0.497 e. The summed E-state index contributed by atoms with van der Waals surface area (Å²) in [6, 6.07) is 10.7. The van der Waals surface area contributed by atoms with Gasteiger partial charge in [0.25, 0.3) is 0 Å². The van der Waals surface area contributed by atoms with Gasteiger partial charge < -0.3 is 9.84 Å². The number of ether oxygens (including phenoxy) is 1. The van der Waals surface area contributed by atoms with Gasteiger partial charge in [-0.1, -0.05) is 27.7 Å².